The van der Waals surface area contributed by atoms with E-state index in [1.54, 1.807) is 18.7 Å². The van der Waals surface area contributed by atoms with Crippen molar-refractivity contribution in [2.75, 3.05) is 42.6 Å². The van der Waals surface area contributed by atoms with Crippen LogP contribution in [0.4, 0.5) is 32.0 Å². The van der Waals surface area contributed by atoms with Crippen LogP contribution in [0, 0.1) is 11.3 Å². The minimum atomic E-state index is -4.86. The number of nitriles is 1. The molecule has 0 saturated carbocycles. The summed E-state index contributed by atoms with van der Waals surface area (Å²) >= 11 is 1.74. The first-order valence-corrected chi connectivity index (χ1v) is 10.6. The summed E-state index contributed by atoms with van der Waals surface area (Å²) in [5, 5.41) is 8.99. The lowest BCUT2D eigenvalue weighted by molar-refractivity contribution is -0.137. The lowest BCUT2D eigenvalue weighted by Crippen LogP contribution is -2.58. The summed E-state index contributed by atoms with van der Waals surface area (Å²) in [6.07, 6.45) is -9.24. The second-order valence-corrected chi connectivity index (χ2v) is 8.46. The largest absolute Gasteiger partial charge is 0.417 e. The van der Waals surface area contributed by atoms with E-state index in [4.69, 9.17) is 10.00 Å². The van der Waals surface area contributed by atoms with Gasteiger partial charge in [0.05, 0.1) is 29.8 Å². The van der Waals surface area contributed by atoms with Crippen LogP contribution in [-0.4, -0.2) is 60.6 Å². The van der Waals surface area contributed by atoms with Crippen LogP contribution in [0.1, 0.15) is 24.5 Å². The Bertz CT molecular complexity index is 797. The summed E-state index contributed by atoms with van der Waals surface area (Å²) in [4.78, 5) is 2.94. The lowest BCUT2D eigenvalue weighted by Gasteiger charge is -2.43. The van der Waals surface area contributed by atoms with Crippen molar-refractivity contribution in [2.45, 2.75) is 37.5 Å². The van der Waals surface area contributed by atoms with Crippen molar-refractivity contribution in [3.63, 3.8) is 0 Å². The summed E-state index contributed by atoms with van der Waals surface area (Å²) in [7, 11) is 0. The number of nitrogens with zero attached hydrogens (tertiary/aromatic N) is 3. The molecule has 0 radical (unpaired) electrons. The van der Waals surface area contributed by atoms with Crippen LogP contribution in [0.25, 0.3) is 0 Å². The van der Waals surface area contributed by atoms with Crippen molar-refractivity contribution in [3.8, 4) is 6.07 Å². The molecule has 1 aromatic rings. The SMILES string of the molecule is CCC(N(CC(F)(F)F)c1ccc(C#N)c(C(F)(F)F)c1)C1(N2CCSCC2)CO1. The molecule has 2 atom stereocenters. The zero-order chi connectivity index (χ0) is 22.2. The average Bonchev–Trinajstić information content (AvgIpc) is 3.48. The number of benzene rings is 1. The summed E-state index contributed by atoms with van der Waals surface area (Å²) in [6.45, 7) is 1.80. The molecular weight excluding hydrogens is 432 g/mol. The van der Waals surface area contributed by atoms with Gasteiger partial charge in [0.25, 0.3) is 0 Å². The second kappa shape index (κ2) is 8.48. The quantitative estimate of drug-likeness (QED) is 0.469. The lowest BCUT2D eigenvalue weighted by atomic mass is 9.99. The smallest absolute Gasteiger partial charge is 0.355 e. The molecular formula is C19H21F6N3OS. The fourth-order valence-corrected chi connectivity index (χ4v) is 4.90. The van der Waals surface area contributed by atoms with E-state index < -0.39 is 41.8 Å². The molecule has 0 aliphatic carbocycles. The molecule has 2 unspecified atom stereocenters. The van der Waals surface area contributed by atoms with Crippen molar-refractivity contribution < 1.29 is 31.1 Å². The van der Waals surface area contributed by atoms with Crippen molar-refractivity contribution in [2.24, 2.45) is 0 Å². The summed E-state index contributed by atoms with van der Waals surface area (Å²) in [6, 6.07) is 3.36. The highest BCUT2D eigenvalue weighted by Crippen LogP contribution is 2.43. The summed E-state index contributed by atoms with van der Waals surface area (Å²) < 4.78 is 86.2. The Morgan fingerprint density at radius 2 is 1.87 bits per heavy atom. The fraction of sp³-hybridized carbons (Fsp3) is 0.632. The van der Waals surface area contributed by atoms with Crippen LogP contribution in [0.15, 0.2) is 18.2 Å². The van der Waals surface area contributed by atoms with E-state index in [0.717, 1.165) is 28.5 Å². The van der Waals surface area contributed by atoms with Crippen molar-refractivity contribution in [1.82, 2.24) is 4.90 Å². The molecule has 0 amide bonds. The van der Waals surface area contributed by atoms with Gasteiger partial charge in [0.2, 0.25) is 0 Å². The normalized spacial score (nSPS) is 23.7. The van der Waals surface area contributed by atoms with E-state index >= 15 is 0 Å². The van der Waals surface area contributed by atoms with Gasteiger partial charge in [0.1, 0.15) is 6.54 Å². The van der Waals surface area contributed by atoms with Gasteiger partial charge < -0.3 is 9.64 Å². The van der Waals surface area contributed by atoms with Gasteiger partial charge in [-0.15, -0.1) is 0 Å². The van der Waals surface area contributed by atoms with Gasteiger partial charge in [-0.05, 0) is 24.6 Å². The zero-order valence-electron chi connectivity index (χ0n) is 16.2. The van der Waals surface area contributed by atoms with Gasteiger partial charge in [-0.3, -0.25) is 4.90 Å². The van der Waals surface area contributed by atoms with Gasteiger partial charge in [-0.1, -0.05) is 6.92 Å². The number of ether oxygens (including phenoxy) is 1. The molecule has 4 nitrogen and oxygen atoms in total. The maximum Gasteiger partial charge on any atom is 0.417 e. The number of thioether (sulfide) groups is 1. The number of anilines is 1. The van der Waals surface area contributed by atoms with Gasteiger partial charge in [0, 0.05) is 30.3 Å². The molecule has 2 fully saturated rings. The first-order chi connectivity index (χ1) is 14.0. The highest BCUT2D eigenvalue weighted by atomic mass is 32.2. The Morgan fingerprint density at radius 1 is 1.23 bits per heavy atom. The maximum absolute atomic E-state index is 13.4. The van der Waals surface area contributed by atoms with Crippen LogP contribution >= 0.6 is 11.8 Å². The molecule has 166 valence electrons. The van der Waals surface area contributed by atoms with E-state index in [-0.39, 0.29) is 18.7 Å². The number of hydrogen-bond acceptors (Lipinski definition) is 5. The predicted octanol–water partition coefficient (Wildman–Crippen LogP) is 4.50. The van der Waals surface area contributed by atoms with E-state index in [9.17, 15) is 26.3 Å². The Labute approximate surface area is 174 Å². The number of epoxide rings is 1. The number of halogens is 6. The van der Waals surface area contributed by atoms with Crippen molar-refractivity contribution >= 4 is 17.4 Å². The third kappa shape index (κ3) is 4.81. The van der Waals surface area contributed by atoms with Crippen LogP contribution in [0.5, 0.6) is 0 Å². The molecule has 2 aliphatic rings. The molecule has 2 heterocycles. The fourth-order valence-electron chi connectivity index (χ4n) is 4.00. The Hall–Kier alpha value is -1.64. The third-order valence-corrected chi connectivity index (χ3v) is 6.32. The molecule has 2 aliphatic heterocycles. The van der Waals surface area contributed by atoms with Crippen LogP contribution in [0.2, 0.25) is 0 Å². The van der Waals surface area contributed by atoms with Gasteiger partial charge >= 0.3 is 12.4 Å². The van der Waals surface area contributed by atoms with E-state index in [1.165, 1.54) is 6.07 Å². The highest BCUT2D eigenvalue weighted by Gasteiger charge is 2.58. The monoisotopic (exact) mass is 453 g/mol. The number of rotatable bonds is 6. The predicted molar refractivity (Wildman–Crippen MR) is 101 cm³/mol. The molecule has 3 rings (SSSR count). The average molecular weight is 453 g/mol. The van der Waals surface area contributed by atoms with Gasteiger partial charge in [-0.2, -0.15) is 43.4 Å². The minimum absolute atomic E-state index is 0.229. The number of alkyl halides is 6. The van der Waals surface area contributed by atoms with E-state index in [1.807, 2.05) is 4.90 Å². The highest BCUT2D eigenvalue weighted by molar-refractivity contribution is 7.99. The third-order valence-electron chi connectivity index (χ3n) is 5.38. The minimum Gasteiger partial charge on any atom is -0.355 e. The summed E-state index contributed by atoms with van der Waals surface area (Å²) in [5.74, 6) is 1.63. The van der Waals surface area contributed by atoms with Crippen LogP contribution < -0.4 is 4.90 Å². The Morgan fingerprint density at radius 3 is 2.33 bits per heavy atom. The van der Waals surface area contributed by atoms with Crippen LogP contribution in [0.3, 0.4) is 0 Å². The van der Waals surface area contributed by atoms with Crippen LogP contribution in [-0.2, 0) is 10.9 Å². The molecule has 0 bridgehead atoms. The molecule has 30 heavy (non-hydrogen) atoms. The van der Waals surface area contributed by atoms with Gasteiger partial charge in [0.15, 0.2) is 5.72 Å². The molecule has 0 N–H and O–H groups in total. The first-order valence-electron chi connectivity index (χ1n) is 9.43. The number of hydrogen-bond donors (Lipinski definition) is 0. The molecule has 0 aromatic heterocycles. The van der Waals surface area contributed by atoms with Crippen molar-refractivity contribution in [1.29, 1.82) is 5.26 Å². The summed E-state index contributed by atoms with van der Waals surface area (Å²) in [5.41, 5.74) is -3.05. The Balaban J connectivity index is 2.04. The maximum atomic E-state index is 13.4. The zero-order valence-corrected chi connectivity index (χ0v) is 17.0. The molecule has 2 saturated heterocycles. The van der Waals surface area contributed by atoms with Gasteiger partial charge in [-0.25, -0.2) is 0 Å². The molecule has 1 aromatic carbocycles. The standard InChI is InChI=1S/C19H21F6N3OS/c1-2-16(17(12-29-17)27-5-7-30-8-6-27)28(11-18(20,21)22)14-4-3-13(10-26)15(9-14)19(23,24)25/h3-4,9,16H,2,5-8,11-12H2,1H3. The molecule has 0 spiro atoms. The van der Waals surface area contributed by atoms with E-state index in [0.29, 0.717) is 19.2 Å². The Kier molecular flexibility index (Phi) is 6.51. The second-order valence-electron chi connectivity index (χ2n) is 7.24. The molecule has 11 heteroatoms. The first kappa shape index (κ1) is 23.0. The topological polar surface area (TPSA) is 42.8 Å². The van der Waals surface area contributed by atoms with E-state index in [2.05, 4.69) is 0 Å². The van der Waals surface area contributed by atoms with Crippen molar-refractivity contribution in [3.05, 3.63) is 29.3 Å².